The molecule has 32 heavy (non-hydrogen) atoms. The van der Waals surface area contributed by atoms with Crippen molar-refractivity contribution < 1.29 is 28.0 Å². The van der Waals surface area contributed by atoms with Crippen molar-refractivity contribution in [3.8, 4) is 11.6 Å². The Bertz CT molecular complexity index is 1100. The lowest BCUT2D eigenvalue weighted by Gasteiger charge is -2.22. The van der Waals surface area contributed by atoms with E-state index in [9.17, 15) is 19.3 Å². The van der Waals surface area contributed by atoms with Gasteiger partial charge in [-0.1, -0.05) is 0 Å². The normalized spacial score (nSPS) is 10.6. The van der Waals surface area contributed by atoms with E-state index >= 15 is 0 Å². The fraction of sp³-hybridized carbons (Fsp3) is 0.250. The maximum atomic E-state index is 13.6. The van der Waals surface area contributed by atoms with E-state index in [0.29, 0.717) is 10.2 Å². The Hall–Kier alpha value is -3.54. The molecule has 0 aliphatic heterocycles. The predicted octanol–water partition coefficient (Wildman–Crippen LogP) is 4.63. The van der Waals surface area contributed by atoms with E-state index in [0.717, 1.165) is 12.4 Å². The number of anilines is 1. The molecule has 1 aromatic carbocycles. The van der Waals surface area contributed by atoms with Crippen LogP contribution in [0.4, 0.5) is 15.9 Å². The Kier molecular flexibility index (Phi) is 7.71. The molecule has 12 heteroatoms. The molecule has 0 aliphatic rings. The third-order valence-electron chi connectivity index (χ3n) is 4.17. The van der Waals surface area contributed by atoms with Crippen LogP contribution in [0, 0.1) is 15.9 Å². The molecule has 0 aliphatic carbocycles. The van der Waals surface area contributed by atoms with Gasteiger partial charge < -0.3 is 18.8 Å². The van der Waals surface area contributed by atoms with Crippen LogP contribution in [0.2, 0.25) is 0 Å². The molecule has 0 atom stereocenters. The number of nitrogens with zero attached hydrogens (tertiary/aromatic N) is 4. The fourth-order valence-electron chi connectivity index (χ4n) is 2.79. The van der Waals surface area contributed by atoms with Crippen molar-refractivity contribution in [2.75, 3.05) is 18.1 Å². The predicted molar refractivity (Wildman–Crippen MR) is 114 cm³/mol. The Morgan fingerprint density at radius 2 is 2.16 bits per heavy atom. The first kappa shape index (κ1) is 23.1. The van der Waals surface area contributed by atoms with Crippen LogP contribution in [0.15, 0.2) is 51.8 Å². The number of aromatic nitrogens is 2. The van der Waals surface area contributed by atoms with Crippen LogP contribution in [0.3, 0.4) is 0 Å². The van der Waals surface area contributed by atoms with Crippen molar-refractivity contribution >= 4 is 33.4 Å². The van der Waals surface area contributed by atoms with Crippen LogP contribution in [0.25, 0.3) is 0 Å². The summed E-state index contributed by atoms with van der Waals surface area (Å²) in [4.78, 5) is 32.5. The molecule has 0 bridgehead atoms. The number of furan rings is 1. The smallest absolute Gasteiger partial charge is 0.373 e. The Labute approximate surface area is 190 Å². The summed E-state index contributed by atoms with van der Waals surface area (Å²) >= 11 is 3.21. The van der Waals surface area contributed by atoms with E-state index in [1.54, 1.807) is 19.1 Å². The standard InChI is InChI=1S/C20H18BrFN4O6/c1-2-30-17(27)7-8-25(11-14-4-3-9-31-14)19-18(26(28)29)20(24-12-23-19)32-16-10-13(22)5-6-15(16)21/h3-6,9-10,12H,2,7-8,11H2,1H3. The highest BCUT2D eigenvalue weighted by molar-refractivity contribution is 9.10. The summed E-state index contributed by atoms with van der Waals surface area (Å²) < 4.78 is 29.9. The van der Waals surface area contributed by atoms with E-state index in [1.165, 1.54) is 23.3 Å². The van der Waals surface area contributed by atoms with Gasteiger partial charge in [-0.05, 0) is 47.1 Å². The lowest BCUT2D eigenvalue weighted by Crippen LogP contribution is -2.28. The number of benzene rings is 1. The molecule has 0 saturated carbocycles. The first-order valence-corrected chi connectivity index (χ1v) is 10.2. The lowest BCUT2D eigenvalue weighted by atomic mass is 10.3. The van der Waals surface area contributed by atoms with Gasteiger partial charge in [0.15, 0.2) is 0 Å². The average molecular weight is 509 g/mol. The number of hydrogen-bond donors (Lipinski definition) is 0. The van der Waals surface area contributed by atoms with Crippen molar-refractivity contribution in [3.63, 3.8) is 0 Å². The number of nitro groups is 1. The van der Waals surface area contributed by atoms with E-state index in [4.69, 9.17) is 13.9 Å². The van der Waals surface area contributed by atoms with Crippen LogP contribution in [0.1, 0.15) is 19.1 Å². The maximum Gasteiger partial charge on any atom is 0.373 e. The maximum absolute atomic E-state index is 13.6. The molecule has 0 amide bonds. The van der Waals surface area contributed by atoms with Crippen LogP contribution in [0.5, 0.6) is 11.6 Å². The molecule has 168 valence electrons. The van der Waals surface area contributed by atoms with Crippen LogP contribution >= 0.6 is 15.9 Å². The highest BCUT2D eigenvalue weighted by Crippen LogP contribution is 2.38. The summed E-state index contributed by atoms with van der Waals surface area (Å²) in [5.41, 5.74) is -0.543. The zero-order chi connectivity index (χ0) is 23.1. The number of ether oxygens (including phenoxy) is 2. The van der Waals surface area contributed by atoms with Gasteiger partial charge in [0.05, 0.1) is 35.2 Å². The number of halogens is 2. The van der Waals surface area contributed by atoms with Gasteiger partial charge in [-0.15, -0.1) is 0 Å². The number of hydrogen-bond acceptors (Lipinski definition) is 9. The highest BCUT2D eigenvalue weighted by Gasteiger charge is 2.30. The first-order chi connectivity index (χ1) is 15.4. The van der Waals surface area contributed by atoms with Crippen LogP contribution in [-0.4, -0.2) is 34.0 Å². The van der Waals surface area contributed by atoms with Crippen molar-refractivity contribution in [1.29, 1.82) is 0 Å². The van der Waals surface area contributed by atoms with Gasteiger partial charge >= 0.3 is 17.5 Å². The number of carbonyl (C=O) groups excluding carboxylic acids is 1. The second-order valence-corrected chi connectivity index (χ2v) is 7.20. The van der Waals surface area contributed by atoms with Gasteiger partial charge in [-0.25, -0.2) is 9.37 Å². The Morgan fingerprint density at radius 3 is 2.84 bits per heavy atom. The fourth-order valence-corrected chi connectivity index (χ4v) is 3.12. The quantitative estimate of drug-likeness (QED) is 0.219. The average Bonchev–Trinajstić information content (AvgIpc) is 3.27. The Morgan fingerprint density at radius 1 is 1.34 bits per heavy atom. The number of esters is 1. The largest absolute Gasteiger partial charge is 0.467 e. The molecule has 0 unspecified atom stereocenters. The van der Waals surface area contributed by atoms with Crippen molar-refractivity contribution in [1.82, 2.24) is 9.97 Å². The van der Waals surface area contributed by atoms with E-state index in [-0.39, 0.29) is 43.6 Å². The van der Waals surface area contributed by atoms with E-state index in [1.807, 2.05) is 0 Å². The molecule has 2 heterocycles. The van der Waals surface area contributed by atoms with Gasteiger partial charge in [-0.2, -0.15) is 4.98 Å². The molecule has 3 rings (SSSR count). The molecular weight excluding hydrogens is 491 g/mol. The molecule has 0 saturated heterocycles. The molecule has 10 nitrogen and oxygen atoms in total. The molecule has 0 N–H and O–H groups in total. The van der Waals surface area contributed by atoms with E-state index < -0.39 is 22.4 Å². The molecular formula is C20H18BrFN4O6. The third-order valence-corrected chi connectivity index (χ3v) is 4.82. The summed E-state index contributed by atoms with van der Waals surface area (Å²) in [5, 5.41) is 12.0. The number of carbonyl (C=O) groups is 1. The summed E-state index contributed by atoms with van der Waals surface area (Å²) in [6.45, 7) is 2.04. The molecule has 0 radical (unpaired) electrons. The van der Waals surface area contributed by atoms with Crippen LogP contribution < -0.4 is 9.64 Å². The zero-order valence-corrected chi connectivity index (χ0v) is 18.5. The summed E-state index contributed by atoms with van der Waals surface area (Å²) in [6, 6.07) is 7.03. The molecule has 0 fully saturated rings. The first-order valence-electron chi connectivity index (χ1n) is 9.44. The van der Waals surface area contributed by atoms with Gasteiger partial charge in [0.2, 0.25) is 5.82 Å². The molecule has 2 aromatic heterocycles. The monoisotopic (exact) mass is 508 g/mol. The topological polar surface area (TPSA) is 121 Å². The zero-order valence-electron chi connectivity index (χ0n) is 16.9. The summed E-state index contributed by atoms with van der Waals surface area (Å²) in [5.74, 6) is -1.03. The lowest BCUT2D eigenvalue weighted by molar-refractivity contribution is -0.385. The molecule has 3 aromatic rings. The second kappa shape index (κ2) is 10.7. The Balaban J connectivity index is 1.99. The van der Waals surface area contributed by atoms with Gasteiger partial charge in [0, 0.05) is 12.6 Å². The highest BCUT2D eigenvalue weighted by atomic mass is 79.9. The minimum atomic E-state index is -0.697. The molecule has 0 spiro atoms. The second-order valence-electron chi connectivity index (χ2n) is 6.34. The SMILES string of the molecule is CCOC(=O)CCN(Cc1ccco1)c1ncnc(Oc2cc(F)ccc2Br)c1[N+](=O)[O-]. The third kappa shape index (κ3) is 5.78. The summed E-state index contributed by atoms with van der Waals surface area (Å²) in [6.07, 6.45) is 2.51. The van der Waals surface area contributed by atoms with Crippen LogP contribution in [-0.2, 0) is 16.1 Å². The summed E-state index contributed by atoms with van der Waals surface area (Å²) in [7, 11) is 0. The minimum Gasteiger partial charge on any atom is -0.467 e. The minimum absolute atomic E-state index is 0.00172. The van der Waals surface area contributed by atoms with Gasteiger partial charge in [-0.3, -0.25) is 14.9 Å². The number of rotatable bonds is 10. The van der Waals surface area contributed by atoms with Crippen molar-refractivity contribution in [2.24, 2.45) is 0 Å². The van der Waals surface area contributed by atoms with Crippen molar-refractivity contribution in [3.05, 3.63) is 69.1 Å². The van der Waals surface area contributed by atoms with Gasteiger partial charge in [0.25, 0.3) is 0 Å². The van der Waals surface area contributed by atoms with E-state index in [2.05, 4.69) is 25.9 Å². The van der Waals surface area contributed by atoms with Gasteiger partial charge in [0.1, 0.15) is 23.7 Å². The van der Waals surface area contributed by atoms with Crippen molar-refractivity contribution in [2.45, 2.75) is 19.9 Å².